The maximum absolute atomic E-state index is 11.4. The molecule has 0 atom stereocenters. The zero-order chi connectivity index (χ0) is 10.6. The lowest BCUT2D eigenvalue weighted by atomic mass is 10.3. The lowest BCUT2D eigenvalue weighted by Crippen LogP contribution is -2.20. The van der Waals surface area contributed by atoms with Gasteiger partial charge >= 0.3 is 5.97 Å². The first-order valence-corrected chi connectivity index (χ1v) is 4.47. The standard InChI is InChI=1S/C10H15NO3/c1-8-9(4-6-13-8)10(12)14-7-5-11(2)3/h4,6H,5,7H2,1-3H3. The van der Waals surface area contributed by atoms with Gasteiger partial charge in [0, 0.05) is 6.54 Å². The van der Waals surface area contributed by atoms with Crippen molar-refractivity contribution >= 4 is 5.97 Å². The summed E-state index contributed by atoms with van der Waals surface area (Å²) >= 11 is 0. The van der Waals surface area contributed by atoms with Gasteiger partial charge in [0.2, 0.25) is 0 Å². The van der Waals surface area contributed by atoms with E-state index in [2.05, 4.69) is 0 Å². The van der Waals surface area contributed by atoms with Crippen molar-refractivity contribution in [1.82, 2.24) is 4.90 Å². The molecule has 0 aliphatic carbocycles. The number of furan rings is 1. The fourth-order valence-electron chi connectivity index (χ4n) is 0.995. The zero-order valence-electron chi connectivity index (χ0n) is 8.74. The minimum absolute atomic E-state index is 0.321. The van der Waals surface area contributed by atoms with Crippen LogP contribution in [0.5, 0.6) is 0 Å². The Morgan fingerprint density at radius 2 is 2.29 bits per heavy atom. The molecule has 0 radical (unpaired) electrons. The molecular formula is C10H15NO3. The normalized spacial score (nSPS) is 10.6. The van der Waals surface area contributed by atoms with E-state index in [9.17, 15) is 4.79 Å². The molecule has 0 bridgehead atoms. The summed E-state index contributed by atoms with van der Waals surface area (Å²) in [6, 6.07) is 1.62. The summed E-state index contributed by atoms with van der Waals surface area (Å²) in [5.41, 5.74) is 0.503. The van der Waals surface area contributed by atoms with Crippen molar-refractivity contribution in [2.75, 3.05) is 27.2 Å². The average molecular weight is 197 g/mol. The monoisotopic (exact) mass is 197 g/mol. The van der Waals surface area contributed by atoms with E-state index in [0.29, 0.717) is 17.9 Å². The summed E-state index contributed by atoms with van der Waals surface area (Å²) in [6.45, 7) is 2.86. The van der Waals surface area contributed by atoms with Crippen LogP contribution in [0.2, 0.25) is 0 Å². The molecule has 0 fully saturated rings. The van der Waals surface area contributed by atoms with Crippen LogP contribution in [0.25, 0.3) is 0 Å². The number of carbonyl (C=O) groups is 1. The van der Waals surface area contributed by atoms with Gasteiger partial charge in [0.1, 0.15) is 17.9 Å². The number of ether oxygens (including phenoxy) is 1. The number of hydrogen-bond donors (Lipinski definition) is 0. The highest BCUT2D eigenvalue weighted by Crippen LogP contribution is 2.09. The number of hydrogen-bond acceptors (Lipinski definition) is 4. The van der Waals surface area contributed by atoms with Gasteiger partial charge in [0.15, 0.2) is 0 Å². The highest BCUT2D eigenvalue weighted by Gasteiger charge is 2.12. The topological polar surface area (TPSA) is 42.7 Å². The van der Waals surface area contributed by atoms with Crippen molar-refractivity contribution < 1.29 is 13.9 Å². The first-order chi connectivity index (χ1) is 6.61. The van der Waals surface area contributed by atoms with Gasteiger partial charge in [0.05, 0.1) is 6.26 Å². The van der Waals surface area contributed by atoms with Gasteiger partial charge in [-0.15, -0.1) is 0 Å². The fourth-order valence-corrected chi connectivity index (χ4v) is 0.995. The van der Waals surface area contributed by atoms with Crippen LogP contribution >= 0.6 is 0 Å². The Balaban J connectivity index is 2.40. The van der Waals surface area contributed by atoms with Crippen LogP contribution in [0, 0.1) is 6.92 Å². The third-order valence-electron chi connectivity index (χ3n) is 1.85. The fraction of sp³-hybridized carbons (Fsp3) is 0.500. The third-order valence-corrected chi connectivity index (χ3v) is 1.85. The van der Waals surface area contributed by atoms with Gasteiger partial charge < -0.3 is 14.1 Å². The molecule has 0 amide bonds. The highest BCUT2D eigenvalue weighted by atomic mass is 16.5. The van der Waals surface area contributed by atoms with Crippen LogP contribution in [0.15, 0.2) is 16.7 Å². The van der Waals surface area contributed by atoms with Crippen LogP contribution in [0.1, 0.15) is 16.1 Å². The number of nitrogens with zero attached hydrogens (tertiary/aromatic N) is 1. The molecule has 0 spiro atoms. The van der Waals surface area contributed by atoms with Crippen LogP contribution < -0.4 is 0 Å². The number of likely N-dealkylation sites (N-methyl/N-ethyl adjacent to an activating group) is 1. The van der Waals surface area contributed by atoms with Crippen molar-refractivity contribution in [3.8, 4) is 0 Å². The zero-order valence-corrected chi connectivity index (χ0v) is 8.74. The van der Waals surface area contributed by atoms with E-state index >= 15 is 0 Å². The van der Waals surface area contributed by atoms with E-state index in [1.54, 1.807) is 13.0 Å². The summed E-state index contributed by atoms with van der Waals surface area (Å²) in [5.74, 6) is 0.276. The summed E-state index contributed by atoms with van der Waals surface area (Å²) in [4.78, 5) is 13.4. The molecule has 1 aromatic rings. The number of aryl methyl sites for hydroxylation is 1. The maximum atomic E-state index is 11.4. The summed E-state index contributed by atoms with van der Waals surface area (Å²) < 4.78 is 10.0. The molecule has 1 heterocycles. The first-order valence-electron chi connectivity index (χ1n) is 4.47. The molecule has 4 heteroatoms. The van der Waals surface area contributed by atoms with Gasteiger partial charge in [-0.1, -0.05) is 0 Å². The second-order valence-electron chi connectivity index (χ2n) is 3.33. The smallest absolute Gasteiger partial charge is 0.341 e. The van der Waals surface area contributed by atoms with Gasteiger partial charge in [-0.3, -0.25) is 0 Å². The molecule has 0 aliphatic heterocycles. The van der Waals surface area contributed by atoms with Crippen molar-refractivity contribution in [3.05, 3.63) is 23.7 Å². The van der Waals surface area contributed by atoms with Gasteiger partial charge in [-0.05, 0) is 27.1 Å². The van der Waals surface area contributed by atoms with E-state index in [-0.39, 0.29) is 5.97 Å². The average Bonchev–Trinajstić information content (AvgIpc) is 2.50. The van der Waals surface area contributed by atoms with Gasteiger partial charge in [0.25, 0.3) is 0 Å². The molecule has 0 aromatic carbocycles. The molecule has 78 valence electrons. The summed E-state index contributed by atoms with van der Waals surface area (Å²) in [5, 5.41) is 0. The molecular weight excluding hydrogens is 182 g/mol. The van der Waals surface area contributed by atoms with Crippen molar-refractivity contribution in [2.24, 2.45) is 0 Å². The second kappa shape index (κ2) is 4.81. The molecule has 0 aliphatic rings. The molecule has 4 nitrogen and oxygen atoms in total. The summed E-state index contributed by atoms with van der Waals surface area (Å²) in [7, 11) is 3.86. The van der Waals surface area contributed by atoms with E-state index in [1.807, 2.05) is 19.0 Å². The van der Waals surface area contributed by atoms with E-state index in [0.717, 1.165) is 6.54 Å². The molecule has 0 saturated carbocycles. The number of rotatable bonds is 4. The second-order valence-corrected chi connectivity index (χ2v) is 3.33. The Labute approximate surface area is 83.5 Å². The van der Waals surface area contributed by atoms with Crippen molar-refractivity contribution in [3.63, 3.8) is 0 Å². The summed E-state index contributed by atoms with van der Waals surface area (Å²) in [6.07, 6.45) is 1.48. The van der Waals surface area contributed by atoms with Crippen molar-refractivity contribution in [1.29, 1.82) is 0 Å². The Morgan fingerprint density at radius 3 is 2.79 bits per heavy atom. The Morgan fingerprint density at radius 1 is 1.57 bits per heavy atom. The SMILES string of the molecule is Cc1occc1C(=O)OCCN(C)C. The predicted octanol–water partition coefficient (Wildman–Crippen LogP) is 1.31. The predicted molar refractivity (Wildman–Crippen MR) is 52.3 cm³/mol. The van der Waals surface area contributed by atoms with Gasteiger partial charge in [-0.25, -0.2) is 4.79 Å². The Hall–Kier alpha value is -1.29. The van der Waals surface area contributed by atoms with Gasteiger partial charge in [-0.2, -0.15) is 0 Å². The Kier molecular flexibility index (Phi) is 3.71. The molecule has 14 heavy (non-hydrogen) atoms. The van der Waals surface area contributed by atoms with Crippen LogP contribution in [-0.2, 0) is 4.74 Å². The van der Waals surface area contributed by atoms with Crippen LogP contribution in [0.4, 0.5) is 0 Å². The molecule has 0 unspecified atom stereocenters. The molecule has 0 N–H and O–H groups in total. The molecule has 0 saturated heterocycles. The van der Waals surface area contributed by atoms with E-state index in [4.69, 9.17) is 9.15 Å². The lowest BCUT2D eigenvalue weighted by molar-refractivity contribution is 0.0480. The number of esters is 1. The number of carbonyl (C=O) groups excluding carboxylic acids is 1. The first kappa shape index (κ1) is 10.8. The minimum atomic E-state index is -0.321. The van der Waals surface area contributed by atoms with Crippen LogP contribution in [-0.4, -0.2) is 38.1 Å². The van der Waals surface area contributed by atoms with Crippen LogP contribution in [0.3, 0.4) is 0 Å². The maximum Gasteiger partial charge on any atom is 0.341 e. The quantitative estimate of drug-likeness (QED) is 0.682. The molecule has 1 aromatic heterocycles. The third kappa shape index (κ3) is 2.88. The molecule has 1 rings (SSSR count). The van der Waals surface area contributed by atoms with E-state index in [1.165, 1.54) is 6.26 Å². The lowest BCUT2D eigenvalue weighted by Gasteiger charge is -2.09. The van der Waals surface area contributed by atoms with Crippen molar-refractivity contribution in [2.45, 2.75) is 6.92 Å². The Bertz CT molecular complexity index is 304. The highest BCUT2D eigenvalue weighted by molar-refractivity contribution is 5.90. The van der Waals surface area contributed by atoms with E-state index < -0.39 is 0 Å². The largest absolute Gasteiger partial charge is 0.469 e. The minimum Gasteiger partial charge on any atom is -0.469 e.